The van der Waals surface area contributed by atoms with E-state index in [1.165, 1.54) is 6.42 Å². The predicted octanol–water partition coefficient (Wildman–Crippen LogP) is 3.61. The van der Waals surface area contributed by atoms with E-state index in [1.54, 1.807) is 0 Å². The van der Waals surface area contributed by atoms with E-state index >= 15 is 0 Å². The molecule has 1 fully saturated rings. The molecule has 18 heavy (non-hydrogen) atoms. The van der Waals surface area contributed by atoms with Crippen molar-refractivity contribution in [3.63, 3.8) is 0 Å². The molecule has 2 nitrogen and oxygen atoms in total. The van der Waals surface area contributed by atoms with E-state index in [0.717, 1.165) is 32.1 Å². The summed E-state index contributed by atoms with van der Waals surface area (Å²) in [5.41, 5.74) is -0.254. The van der Waals surface area contributed by atoms with E-state index < -0.39 is 0 Å². The van der Waals surface area contributed by atoms with Crippen molar-refractivity contribution in [1.82, 2.24) is 0 Å². The average Bonchev–Trinajstić information content (AvgIpc) is 2.40. The van der Waals surface area contributed by atoms with E-state index in [4.69, 9.17) is 0 Å². The molecule has 0 spiro atoms. The molecule has 0 aliphatic heterocycles. The maximum Gasteiger partial charge on any atom is 0.0649 e. The van der Waals surface area contributed by atoms with Crippen LogP contribution in [0.4, 0.5) is 0 Å². The molecule has 1 aliphatic carbocycles. The van der Waals surface area contributed by atoms with Crippen LogP contribution in [0.25, 0.3) is 0 Å². The molecule has 2 heteroatoms. The van der Waals surface area contributed by atoms with Gasteiger partial charge in [-0.2, -0.15) is 0 Å². The first-order valence-corrected chi connectivity index (χ1v) is 7.90. The van der Waals surface area contributed by atoms with E-state index in [0.29, 0.717) is 17.8 Å². The SMILES string of the molecule is CCC[C@@H]1[C@H](CC)C[C@H](CC)[C@H](O)[C@]1(CC)CO. The van der Waals surface area contributed by atoms with Crippen LogP contribution >= 0.6 is 0 Å². The molecule has 0 aromatic rings. The second kappa shape index (κ2) is 6.91. The number of aliphatic hydroxyl groups excluding tert-OH is 2. The van der Waals surface area contributed by atoms with Crippen LogP contribution in [0.3, 0.4) is 0 Å². The third kappa shape index (κ3) is 2.60. The zero-order valence-electron chi connectivity index (χ0n) is 12.7. The summed E-state index contributed by atoms with van der Waals surface area (Å²) in [6.07, 6.45) is 6.20. The summed E-state index contributed by atoms with van der Waals surface area (Å²) in [5.74, 6) is 1.53. The summed E-state index contributed by atoms with van der Waals surface area (Å²) in [5, 5.41) is 20.7. The fourth-order valence-corrected chi connectivity index (χ4v) is 4.31. The van der Waals surface area contributed by atoms with Gasteiger partial charge in [0.05, 0.1) is 12.7 Å². The Morgan fingerprint density at radius 2 is 1.67 bits per heavy atom. The summed E-state index contributed by atoms with van der Waals surface area (Å²) < 4.78 is 0. The number of hydrogen-bond acceptors (Lipinski definition) is 2. The topological polar surface area (TPSA) is 40.5 Å². The van der Waals surface area contributed by atoms with Crippen LogP contribution < -0.4 is 0 Å². The molecule has 0 radical (unpaired) electrons. The van der Waals surface area contributed by atoms with Crippen molar-refractivity contribution in [3.05, 3.63) is 0 Å². The molecule has 1 aliphatic rings. The lowest BCUT2D eigenvalue weighted by molar-refractivity contribution is -0.144. The Morgan fingerprint density at radius 1 is 1.06 bits per heavy atom. The van der Waals surface area contributed by atoms with Crippen molar-refractivity contribution in [2.45, 2.75) is 72.3 Å². The van der Waals surface area contributed by atoms with Crippen LogP contribution in [0.5, 0.6) is 0 Å². The minimum absolute atomic E-state index is 0.141. The van der Waals surface area contributed by atoms with Crippen LogP contribution in [-0.2, 0) is 0 Å². The third-order valence-electron chi connectivity index (χ3n) is 5.55. The van der Waals surface area contributed by atoms with Crippen molar-refractivity contribution in [2.24, 2.45) is 23.2 Å². The smallest absolute Gasteiger partial charge is 0.0649 e. The Hall–Kier alpha value is -0.0800. The van der Waals surface area contributed by atoms with Crippen molar-refractivity contribution in [2.75, 3.05) is 6.61 Å². The first kappa shape index (κ1) is 16.0. The van der Waals surface area contributed by atoms with Gasteiger partial charge in [0, 0.05) is 5.41 Å². The number of rotatable bonds is 6. The van der Waals surface area contributed by atoms with Crippen molar-refractivity contribution >= 4 is 0 Å². The van der Waals surface area contributed by atoms with Gasteiger partial charge in [0.1, 0.15) is 0 Å². The second-order valence-corrected chi connectivity index (χ2v) is 6.16. The summed E-state index contributed by atoms with van der Waals surface area (Å²) in [6, 6.07) is 0. The molecular formula is C16H32O2. The van der Waals surface area contributed by atoms with Gasteiger partial charge in [0.15, 0.2) is 0 Å². The summed E-state index contributed by atoms with van der Waals surface area (Å²) in [6.45, 7) is 8.91. The highest BCUT2D eigenvalue weighted by Gasteiger charge is 2.51. The van der Waals surface area contributed by atoms with Crippen LogP contribution in [0.15, 0.2) is 0 Å². The molecule has 0 bridgehead atoms. The summed E-state index contributed by atoms with van der Waals surface area (Å²) in [4.78, 5) is 0. The lowest BCUT2D eigenvalue weighted by atomic mass is 9.54. The quantitative estimate of drug-likeness (QED) is 0.762. The van der Waals surface area contributed by atoms with Gasteiger partial charge < -0.3 is 10.2 Å². The standard InChI is InChI=1S/C16H32O2/c1-5-9-14-12(6-2)10-13(7-3)15(18)16(14,8-4)11-17/h12-15,17-18H,5-11H2,1-4H3/t12-,13+,14-,15+,16-/m1/s1. The molecule has 0 amide bonds. The van der Waals surface area contributed by atoms with Gasteiger partial charge in [0.25, 0.3) is 0 Å². The first-order chi connectivity index (χ1) is 8.61. The Balaban J connectivity index is 3.08. The molecule has 0 aromatic heterocycles. The van der Waals surface area contributed by atoms with Gasteiger partial charge in [0.2, 0.25) is 0 Å². The lowest BCUT2D eigenvalue weighted by Crippen LogP contribution is -2.54. The third-order valence-corrected chi connectivity index (χ3v) is 5.55. The normalized spacial score (nSPS) is 41.0. The second-order valence-electron chi connectivity index (χ2n) is 6.16. The Labute approximate surface area is 113 Å². The van der Waals surface area contributed by atoms with Gasteiger partial charge >= 0.3 is 0 Å². The van der Waals surface area contributed by atoms with Crippen molar-refractivity contribution in [3.8, 4) is 0 Å². The largest absolute Gasteiger partial charge is 0.396 e. The lowest BCUT2D eigenvalue weighted by Gasteiger charge is -2.53. The Kier molecular flexibility index (Phi) is 6.13. The molecule has 108 valence electrons. The molecule has 0 aromatic carbocycles. The Bertz CT molecular complexity index is 235. The summed E-state index contributed by atoms with van der Waals surface area (Å²) >= 11 is 0. The summed E-state index contributed by atoms with van der Waals surface area (Å²) in [7, 11) is 0. The van der Waals surface area contributed by atoms with Crippen LogP contribution in [0, 0.1) is 23.2 Å². The van der Waals surface area contributed by atoms with Crippen LogP contribution in [0.1, 0.15) is 66.2 Å². The molecule has 0 unspecified atom stereocenters. The molecule has 5 atom stereocenters. The molecule has 0 heterocycles. The zero-order valence-corrected chi connectivity index (χ0v) is 12.7. The van der Waals surface area contributed by atoms with Crippen molar-refractivity contribution in [1.29, 1.82) is 0 Å². The van der Waals surface area contributed by atoms with Gasteiger partial charge in [-0.1, -0.05) is 47.0 Å². The highest BCUT2D eigenvalue weighted by Crippen LogP contribution is 2.52. The molecule has 1 saturated carbocycles. The molecule has 1 rings (SSSR count). The number of hydrogen-bond donors (Lipinski definition) is 2. The fraction of sp³-hybridized carbons (Fsp3) is 1.00. The highest BCUT2D eigenvalue weighted by molar-refractivity contribution is 5.00. The minimum Gasteiger partial charge on any atom is -0.396 e. The van der Waals surface area contributed by atoms with Crippen molar-refractivity contribution < 1.29 is 10.2 Å². The molecular weight excluding hydrogens is 224 g/mol. The van der Waals surface area contributed by atoms with Gasteiger partial charge in [-0.25, -0.2) is 0 Å². The van der Waals surface area contributed by atoms with Crippen LogP contribution in [0.2, 0.25) is 0 Å². The predicted molar refractivity (Wildman–Crippen MR) is 76.4 cm³/mol. The first-order valence-electron chi connectivity index (χ1n) is 7.90. The zero-order chi connectivity index (χ0) is 13.8. The van der Waals surface area contributed by atoms with Gasteiger partial charge in [-0.05, 0) is 37.0 Å². The maximum atomic E-state index is 10.7. The van der Waals surface area contributed by atoms with E-state index in [9.17, 15) is 10.2 Å². The van der Waals surface area contributed by atoms with E-state index in [-0.39, 0.29) is 18.1 Å². The van der Waals surface area contributed by atoms with E-state index in [2.05, 4.69) is 27.7 Å². The van der Waals surface area contributed by atoms with Gasteiger partial charge in [-0.3, -0.25) is 0 Å². The maximum absolute atomic E-state index is 10.7. The monoisotopic (exact) mass is 256 g/mol. The number of aliphatic hydroxyl groups is 2. The average molecular weight is 256 g/mol. The fourth-order valence-electron chi connectivity index (χ4n) is 4.31. The van der Waals surface area contributed by atoms with E-state index in [1.807, 2.05) is 0 Å². The molecule has 0 saturated heterocycles. The van der Waals surface area contributed by atoms with Crippen LogP contribution in [-0.4, -0.2) is 22.9 Å². The molecule has 2 N–H and O–H groups in total. The van der Waals surface area contributed by atoms with Gasteiger partial charge in [-0.15, -0.1) is 0 Å². The Morgan fingerprint density at radius 3 is 2.06 bits per heavy atom. The highest BCUT2D eigenvalue weighted by atomic mass is 16.3. The minimum atomic E-state index is -0.322.